The normalized spacial score (nSPS) is 11.9. The van der Waals surface area contributed by atoms with Crippen LogP contribution in [0, 0.1) is 6.92 Å². The van der Waals surface area contributed by atoms with Crippen LogP contribution in [0.25, 0.3) is 0 Å². The van der Waals surface area contributed by atoms with Crippen molar-refractivity contribution in [1.82, 2.24) is 10.2 Å². The number of carbonyl (C=O) groups excluding carboxylic acids is 2. The second-order valence-corrected chi connectivity index (χ2v) is 12.7. The molecule has 0 saturated carbocycles. The van der Waals surface area contributed by atoms with Crippen LogP contribution in [0.1, 0.15) is 23.6 Å². The summed E-state index contributed by atoms with van der Waals surface area (Å²) in [5, 5.41) is 2.87. The van der Waals surface area contributed by atoms with Crippen LogP contribution in [0.5, 0.6) is 0 Å². The lowest BCUT2D eigenvalue weighted by molar-refractivity contribution is -0.140. The number of amides is 2. The highest BCUT2D eigenvalue weighted by atomic mass is 79.9. The Morgan fingerprint density at radius 1 is 0.833 bits per heavy atom. The predicted octanol–water partition coefficient (Wildman–Crippen LogP) is 5.73. The van der Waals surface area contributed by atoms with E-state index in [4.69, 9.17) is 0 Å². The van der Waals surface area contributed by atoms with Gasteiger partial charge < -0.3 is 10.2 Å². The number of benzene rings is 4. The van der Waals surface area contributed by atoms with E-state index >= 15 is 0 Å². The van der Waals surface area contributed by atoms with E-state index in [1.54, 1.807) is 36.4 Å². The zero-order chi connectivity index (χ0) is 30.1. The Balaban J connectivity index is 1.78. The molecule has 218 valence electrons. The second kappa shape index (κ2) is 14.3. The van der Waals surface area contributed by atoms with E-state index in [0.29, 0.717) is 16.7 Å². The molecule has 0 heterocycles. The van der Waals surface area contributed by atoms with Gasteiger partial charge in [-0.1, -0.05) is 100 Å². The number of nitrogens with zero attached hydrogens (tertiary/aromatic N) is 2. The Hall–Kier alpha value is -3.95. The van der Waals surface area contributed by atoms with Crippen LogP contribution in [0.3, 0.4) is 0 Å². The predicted molar refractivity (Wildman–Crippen MR) is 169 cm³/mol. The number of aryl methyl sites for hydroxylation is 1. The second-order valence-electron chi connectivity index (χ2n) is 9.91. The smallest absolute Gasteiger partial charge is 0.264 e. The molecule has 4 rings (SSSR count). The number of nitrogens with one attached hydrogen (secondary N) is 1. The van der Waals surface area contributed by atoms with Crippen LogP contribution < -0.4 is 9.62 Å². The van der Waals surface area contributed by atoms with Crippen LogP contribution in [-0.4, -0.2) is 44.3 Å². The van der Waals surface area contributed by atoms with Crippen molar-refractivity contribution in [2.75, 3.05) is 17.4 Å². The van der Waals surface area contributed by atoms with Gasteiger partial charge in [-0.15, -0.1) is 0 Å². The van der Waals surface area contributed by atoms with Crippen molar-refractivity contribution < 1.29 is 18.0 Å². The van der Waals surface area contributed by atoms with Crippen LogP contribution in [0.15, 0.2) is 119 Å². The summed E-state index contributed by atoms with van der Waals surface area (Å²) in [7, 11) is -4.14. The molecule has 7 nitrogen and oxygen atoms in total. The van der Waals surface area contributed by atoms with Gasteiger partial charge in [0.05, 0.1) is 10.6 Å². The summed E-state index contributed by atoms with van der Waals surface area (Å²) in [6.45, 7) is 3.73. The molecule has 0 radical (unpaired) electrons. The van der Waals surface area contributed by atoms with Crippen molar-refractivity contribution in [3.05, 3.63) is 130 Å². The van der Waals surface area contributed by atoms with Crippen LogP contribution in [0.4, 0.5) is 5.69 Å². The highest BCUT2D eigenvalue weighted by Gasteiger charge is 2.34. The topological polar surface area (TPSA) is 86.8 Å². The van der Waals surface area contributed by atoms with Gasteiger partial charge in [-0.25, -0.2) is 8.42 Å². The first-order valence-corrected chi connectivity index (χ1v) is 15.9. The zero-order valence-corrected chi connectivity index (χ0v) is 26.0. The Morgan fingerprint density at radius 3 is 2.05 bits per heavy atom. The monoisotopic (exact) mass is 647 g/mol. The number of halogens is 1. The molecular weight excluding hydrogens is 614 g/mol. The molecule has 1 atom stereocenters. The van der Waals surface area contributed by atoms with E-state index in [0.717, 1.165) is 21.0 Å². The van der Waals surface area contributed by atoms with Crippen LogP contribution in [-0.2, 0) is 32.6 Å². The number of carbonyl (C=O) groups is 2. The molecule has 0 aliphatic carbocycles. The fourth-order valence-electron chi connectivity index (χ4n) is 4.62. The van der Waals surface area contributed by atoms with Gasteiger partial charge in [0.25, 0.3) is 10.0 Å². The fraction of sp³-hybridized carbons (Fsp3) is 0.212. The summed E-state index contributed by atoms with van der Waals surface area (Å²) in [4.78, 5) is 29.4. The average molecular weight is 649 g/mol. The molecule has 1 N–H and O–H groups in total. The fourth-order valence-corrected chi connectivity index (χ4v) is 6.42. The molecule has 0 aromatic heterocycles. The van der Waals surface area contributed by atoms with Crippen molar-refractivity contribution in [3.8, 4) is 0 Å². The average Bonchev–Trinajstić information content (AvgIpc) is 2.99. The first-order chi connectivity index (χ1) is 20.2. The molecule has 0 bridgehead atoms. The summed E-state index contributed by atoms with van der Waals surface area (Å²) in [6, 6.07) is 31.3. The SMILES string of the molecule is CCNC(=O)C(Cc1ccccc1)N(Cc1ccccc1)C(=O)CN(c1cccc(Br)c1)S(=O)(=O)c1ccc(C)cc1. The highest BCUT2D eigenvalue weighted by molar-refractivity contribution is 9.10. The van der Waals surface area contributed by atoms with E-state index in [-0.39, 0.29) is 23.8 Å². The van der Waals surface area contributed by atoms with Crippen molar-refractivity contribution in [2.45, 2.75) is 37.8 Å². The zero-order valence-electron chi connectivity index (χ0n) is 23.6. The maximum atomic E-state index is 14.3. The third kappa shape index (κ3) is 7.86. The van der Waals surface area contributed by atoms with Gasteiger partial charge in [-0.2, -0.15) is 0 Å². The summed E-state index contributed by atoms with van der Waals surface area (Å²) in [5.74, 6) is -0.803. The van der Waals surface area contributed by atoms with Crippen LogP contribution in [0.2, 0.25) is 0 Å². The molecule has 4 aromatic carbocycles. The largest absolute Gasteiger partial charge is 0.355 e. The summed E-state index contributed by atoms with van der Waals surface area (Å²) < 4.78 is 29.8. The first kappa shape index (κ1) is 31.0. The molecule has 1 unspecified atom stereocenters. The number of sulfonamides is 1. The third-order valence-corrected chi connectivity index (χ3v) is 9.08. The highest BCUT2D eigenvalue weighted by Crippen LogP contribution is 2.27. The standard InChI is InChI=1S/C33H34BrN3O4S/c1-3-35-33(39)31(21-26-11-6-4-7-12-26)36(23-27-13-8-5-9-14-27)32(38)24-37(29-16-10-15-28(34)22-29)42(40,41)30-19-17-25(2)18-20-30/h4-20,22,31H,3,21,23-24H2,1-2H3,(H,35,39). The summed E-state index contributed by atoms with van der Waals surface area (Å²) in [5.41, 5.74) is 2.95. The Morgan fingerprint density at radius 2 is 1.45 bits per heavy atom. The molecule has 42 heavy (non-hydrogen) atoms. The summed E-state index contributed by atoms with van der Waals surface area (Å²) >= 11 is 3.43. The van der Waals surface area contributed by atoms with Crippen molar-refractivity contribution in [3.63, 3.8) is 0 Å². The van der Waals surface area contributed by atoms with Gasteiger partial charge in [0.15, 0.2) is 0 Å². The van der Waals surface area contributed by atoms with Gasteiger partial charge in [-0.05, 0) is 55.3 Å². The number of hydrogen-bond donors (Lipinski definition) is 1. The summed E-state index contributed by atoms with van der Waals surface area (Å²) in [6.07, 6.45) is 0.271. The number of rotatable bonds is 12. The lowest BCUT2D eigenvalue weighted by Crippen LogP contribution is -2.53. The lowest BCUT2D eigenvalue weighted by Gasteiger charge is -2.33. The van der Waals surface area contributed by atoms with Gasteiger partial charge in [0, 0.05) is 24.0 Å². The van der Waals surface area contributed by atoms with Crippen molar-refractivity contribution in [2.24, 2.45) is 0 Å². The minimum Gasteiger partial charge on any atom is -0.355 e. The number of anilines is 1. The van der Waals surface area contributed by atoms with Gasteiger partial charge in [0.1, 0.15) is 12.6 Å². The molecule has 2 amide bonds. The quantitative estimate of drug-likeness (QED) is 0.213. The van der Waals surface area contributed by atoms with Gasteiger partial charge >= 0.3 is 0 Å². The number of hydrogen-bond acceptors (Lipinski definition) is 4. The third-order valence-electron chi connectivity index (χ3n) is 6.80. The van der Waals surface area contributed by atoms with E-state index < -0.39 is 28.5 Å². The lowest BCUT2D eigenvalue weighted by atomic mass is 10.0. The van der Waals surface area contributed by atoms with E-state index in [9.17, 15) is 18.0 Å². The van der Waals surface area contributed by atoms with Crippen molar-refractivity contribution >= 4 is 43.5 Å². The van der Waals surface area contributed by atoms with Crippen LogP contribution >= 0.6 is 15.9 Å². The molecule has 9 heteroatoms. The number of likely N-dealkylation sites (N-methyl/N-ethyl adjacent to an activating group) is 1. The van der Waals surface area contributed by atoms with E-state index in [2.05, 4.69) is 21.2 Å². The molecule has 0 aliphatic rings. The molecular formula is C33H34BrN3O4S. The minimum absolute atomic E-state index is 0.0695. The Kier molecular flexibility index (Phi) is 10.5. The molecule has 4 aromatic rings. The molecule has 0 saturated heterocycles. The van der Waals surface area contributed by atoms with Crippen molar-refractivity contribution in [1.29, 1.82) is 0 Å². The van der Waals surface area contributed by atoms with E-state index in [1.807, 2.05) is 74.5 Å². The van der Waals surface area contributed by atoms with Gasteiger partial charge in [-0.3, -0.25) is 13.9 Å². The molecule has 0 fully saturated rings. The Labute approximate surface area is 256 Å². The molecule has 0 aliphatic heterocycles. The maximum Gasteiger partial charge on any atom is 0.264 e. The maximum absolute atomic E-state index is 14.3. The minimum atomic E-state index is -4.14. The molecule has 0 spiro atoms. The van der Waals surface area contributed by atoms with Gasteiger partial charge in [0.2, 0.25) is 11.8 Å². The Bertz CT molecular complexity index is 1600. The van der Waals surface area contributed by atoms with E-state index in [1.165, 1.54) is 17.0 Å². The first-order valence-electron chi connectivity index (χ1n) is 13.7.